The lowest BCUT2D eigenvalue weighted by atomic mass is 9.81. The maximum atomic E-state index is 9.22. The SMILES string of the molecule is CCC(CC)(CNCC(C)C)CN(CCO)C(C)C. The molecule has 0 unspecified atom stereocenters. The fraction of sp³-hybridized carbons (Fsp3) is 1.00. The summed E-state index contributed by atoms with van der Waals surface area (Å²) in [5.41, 5.74) is 0.328. The van der Waals surface area contributed by atoms with Crippen molar-refractivity contribution in [2.75, 3.05) is 32.8 Å². The van der Waals surface area contributed by atoms with Gasteiger partial charge in [-0.25, -0.2) is 0 Å². The van der Waals surface area contributed by atoms with E-state index in [4.69, 9.17) is 0 Å². The van der Waals surface area contributed by atoms with Crippen LogP contribution in [-0.4, -0.2) is 48.8 Å². The Kier molecular flexibility index (Phi) is 9.67. The van der Waals surface area contributed by atoms with Crippen molar-refractivity contribution in [2.45, 2.75) is 60.4 Å². The van der Waals surface area contributed by atoms with Crippen molar-refractivity contribution in [3.8, 4) is 0 Å². The molecule has 19 heavy (non-hydrogen) atoms. The lowest BCUT2D eigenvalue weighted by molar-refractivity contribution is 0.0903. The Bertz CT molecular complexity index is 213. The zero-order valence-corrected chi connectivity index (χ0v) is 14.0. The largest absolute Gasteiger partial charge is 0.395 e. The van der Waals surface area contributed by atoms with Crippen molar-refractivity contribution in [1.29, 1.82) is 0 Å². The number of nitrogens with zero attached hydrogens (tertiary/aromatic N) is 1. The van der Waals surface area contributed by atoms with Crippen molar-refractivity contribution in [2.24, 2.45) is 11.3 Å². The Morgan fingerprint density at radius 3 is 2.05 bits per heavy atom. The molecule has 0 rings (SSSR count). The van der Waals surface area contributed by atoms with Crippen LogP contribution in [0.4, 0.5) is 0 Å². The summed E-state index contributed by atoms with van der Waals surface area (Å²) in [6.45, 7) is 17.8. The van der Waals surface area contributed by atoms with Crippen molar-refractivity contribution < 1.29 is 5.11 Å². The van der Waals surface area contributed by atoms with Crippen molar-refractivity contribution in [3.63, 3.8) is 0 Å². The van der Waals surface area contributed by atoms with Crippen LogP contribution in [0.3, 0.4) is 0 Å². The average Bonchev–Trinajstić information content (AvgIpc) is 2.36. The zero-order valence-electron chi connectivity index (χ0n) is 14.0. The first-order valence-corrected chi connectivity index (χ1v) is 7.96. The molecule has 0 atom stereocenters. The van der Waals surface area contributed by atoms with E-state index >= 15 is 0 Å². The molecular weight excluding hydrogens is 236 g/mol. The molecule has 0 radical (unpaired) electrons. The van der Waals surface area contributed by atoms with Crippen LogP contribution >= 0.6 is 0 Å². The average molecular weight is 272 g/mol. The topological polar surface area (TPSA) is 35.5 Å². The van der Waals surface area contributed by atoms with Crippen LogP contribution in [0.25, 0.3) is 0 Å². The van der Waals surface area contributed by atoms with Gasteiger partial charge in [0.2, 0.25) is 0 Å². The van der Waals surface area contributed by atoms with E-state index in [9.17, 15) is 5.11 Å². The molecule has 3 heteroatoms. The second-order valence-corrected chi connectivity index (χ2v) is 6.52. The van der Waals surface area contributed by atoms with Crippen LogP contribution in [0.1, 0.15) is 54.4 Å². The fourth-order valence-corrected chi connectivity index (χ4v) is 2.48. The van der Waals surface area contributed by atoms with E-state index in [0.717, 1.165) is 26.2 Å². The van der Waals surface area contributed by atoms with Crippen LogP contribution in [0.2, 0.25) is 0 Å². The van der Waals surface area contributed by atoms with Crippen molar-refractivity contribution >= 4 is 0 Å². The van der Waals surface area contributed by atoms with Crippen LogP contribution in [0.5, 0.6) is 0 Å². The highest BCUT2D eigenvalue weighted by Crippen LogP contribution is 2.27. The van der Waals surface area contributed by atoms with Gasteiger partial charge in [-0.05, 0) is 44.6 Å². The lowest BCUT2D eigenvalue weighted by Crippen LogP contribution is -2.47. The van der Waals surface area contributed by atoms with Crippen LogP contribution in [0.15, 0.2) is 0 Å². The van der Waals surface area contributed by atoms with Gasteiger partial charge in [0.15, 0.2) is 0 Å². The van der Waals surface area contributed by atoms with Crippen LogP contribution < -0.4 is 5.32 Å². The summed E-state index contributed by atoms with van der Waals surface area (Å²) < 4.78 is 0. The van der Waals surface area contributed by atoms with Gasteiger partial charge in [0.25, 0.3) is 0 Å². The van der Waals surface area contributed by atoms with Gasteiger partial charge < -0.3 is 10.4 Å². The van der Waals surface area contributed by atoms with E-state index in [1.54, 1.807) is 0 Å². The van der Waals surface area contributed by atoms with Crippen molar-refractivity contribution in [1.82, 2.24) is 10.2 Å². The number of aliphatic hydroxyl groups excluding tert-OH is 1. The summed E-state index contributed by atoms with van der Waals surface area (Å²) in [7, 11) is 0. The normalized spacial score (nSPS) is 12.9. The molecule has 0 heterocycles. The third kappa shape index (κ3) is 7.28. The molecule has 0 spiro atoms. The number of hydrogen-bond acceptors (Lipinski definition) is 3. The predicted octanol–water partition coefficient (Wildman–Crippen LogP) is 2.74. The Morgan fingerprint density at radius 1 is 1.11 bits per heavy atom. The smallest absolute Gasteiger partial charge is 0.0558 e. The predicted molar refractivity (Wildman–Crippen MR) is 84.5 cm³/mol. The summed E-state index contributed by atoms with van der Waals surface area (Å²) in [5.74, 6) is 0.699. The third-order valence-corrected chi connectivity index (χ3v) is 4.21. The molecule has 0 aliphatic heterocycles. The van der Waals surface area contributed by atoms with Crippen LogP contribution in [0, 0.1) is 11.3 Å². The first-order valence-electron chi connectivity index (χ1n) is 7.96. The quantitative estimate of drug-likeness (QED) is 0.607. The molecule has 0 saturated carbocycles. The second kappa shape index (κ2) is 9.73. The minimum Gasteiger partial charge on any atom is -0.395 e. The first kappa shape index (κ1) is 18.9. The number of hydrogen-bond donors (Lipinski definition) is 2. The zero-order chi connectivity index (χ0) is 14.9. The number of aliphatic hydroxyl groups is 1. The molecule has 0 aliphatic rings. The maximum Gasteiger partial charge on any atom is 0.0558 e. The van der Waals surface area contributed by atoms with Gasteiger partial charge in [0, 0.05) is 25.7 Å². The first-order chi connectivity index (χ1) is 8.90. The Balaban J connectivity index is 4.57. The molecular formula is C16H36N2O. The summed E-state index contributed by atoms with van der Waals surface area (Å²) in [6.07, 6.45) is 2.37. The summed E-state index contributed by atoms with van der Waals surface area (Å²) >= 11 is 0. The Morgan fingerprint density at radius 2 is 1.68 bits per heavy atom. The summed E-state index contributed by atoms with van der Waals surface area (Å²) in [4.78, 5) is 2.41. The van der Waals surface area contributed by atoms with Gasteiger partial charge in [-0.1, -0.05) is 27.7 Å². The highest BCUT2D eigenvalue weighted by molar-refractivity contribution is 4.84. The monoisotopic (exact) mass is 272 g/mol. The molecule has 0 amide bonds. The molecule has 0 aromatic carbocycles. The number of rotatable bonds is 11. The molecule has 0 aromatic rings. The van der Waals surface area contributed by atoms with Gasteiger partial charge >= 0.3 is 0 Å². The van der Waals surface area contributed by atoms with E-state index in [-0.39, 0.29) is 6.61 Å². The minimum atomic E-state index is 0.251. The molecule has 0 bridgehead atoms. The molecule has 116 valence electrons. The van der Waals surface area contributed by atoms with E-state index < -0.39 is 0 Å². The third-order valence-electron chi connectivity index (χ3n) is 4.21. The summed E-state index contributed by atoms with van der Waals surface area (Å²) in [5, 5.41) is 12.8. The Hall–Kier alpha value is -0.120. The molecule has 0 fully saturated rings. The fourth-order valence-electron chi connectivity index (χ4n) is 2.48. The lowest BCUT2D eigenvalue weighted by Gasteiger charge is -2.39. The second-order valence-electron chi connectivity index (χ2n) is 6.52. The van der Waals surface area contributed by atoms with Gasteiger partial charge in [-0.3, -0.25) is 4.90 Å². The highest BCUT2D eigenvalue weighted by atomic mass is 16.3. The van der Waals surface area contributed by atoms with Crippen LogP contribution in [-0.2, 0) is 0 Å². The molecule has 2 N–H and O–H groups in total. The van der Waals surface area contributed by atoms with Crippen molar-refractivity contribution in [3.05, 3.63) is 0 Å². The van der Waals surface area contributed by atoms with E-state index in [0.29, 0.717) is 17.4 Å². The summed E-state index contributed by atoms with van der Waals surface area (Å²) in [6, 6.07) is 0.495. The van der Waals surface area contributed by atoms with Gasteiger partial charge in [0.1, 0.15) is 0 Å². The maximum absolute atomic E-state index is 9.22. The Labute approximate surface area is 120 Å². The minimum absolute atomic E-state index is 0.251. The van der Waals surface area contributed by atoms with E-state index in [1.807, 2.05) is 0 Å². The standard InChI is InChI=1S/C16H36N2O/c1-7-16(8-2,12-17-11-14(3)4)13-18(9-10-19)15(5)6/h14-15,17,19H,7-13H2,1-6H3. The highest BCUT2D eigenvalue weighted by Gasteiger charge is 2.29. The van der Waals surface area contributed by atoms with Gasteiger partial charge in [0.05, 0.1) is 6.61 Å². The molecule has 0 aromatic heterocycles. The van der Waals surface area contributed by atoms with E-state index in [2.05, 4.69) is 51.8 Å². The molecule has 3 nitrogen and oxygen atoms in total. The number of nitrogens with one attached hydrogen (secondary N) is 1. The van der Waals surface area contributed by atoms with Gasteiger partial charge in [-0.15, -0.1) is 0 Å². The van der Waals surface area contributed by atoms with Gasteiger partial charge in [-0.2, -0.15) is 0 Å². The molecule has 0 aliphatic carbocycles. The molecule has 0 saturated heterocycles. The van der Waals surface area contributed by atoms with E-state index in [1.165, 1.54) is 12.8 Å².